The smallest absolute Gasteiger partial charge is 0.0240 e. The maximum atomic E-state index is 3.84. The lowest BCUT2D eigenvalue weighted by Gasteiger charge is -2.20. The zero-order chi connectivity index (χ0) is 12.6. The molecular formula is C17H20ClN. The van der Waals surface area contributed by atoms with Crippen molar-refractivity contribution in [3.8, 4) is 0 Å². The molecule has 0 aliphatic rings. The van der Waals surface area contributed by atoms with Crippen molar-refractivity contribution < 1.29 is 0 Å². The molecule has 0 saturated heterocycles. The molecule has 0 heterocycles. The van der Waals surface area contributed by atoms with E-state index < -0.39 is 0 Å². The third kappa shape index (κ3) is 5.29. The Morgan fingerprint density at radius 3 is 1.58 bits per heavy atom. The number of hydrogen-bond donors (Lipinski definition) is 0. The van der Waals surface area contributed by atoms with Gasteiger partial charge in [0.25, 0.3) is 0 Å². The van der Waals surface area contributed by atoms with E-state index in [-0.39, 0.29) is 12.4 Å². The molecule has 0 aromatic heterocycles. The normalized spacial score (nSPS) is 9.95. The summed E-state index contributed by atoms with van der Waals surface area (Å²) in [4.78, 5) is 2.39. The second-order valence-electron chi connectivity index (χ2n) is 4.43. The van der Waals surface area contributed by atoms with Gasteiger partial charge in [-0.3, -0.25) is 4.90 Å². The highest BCUT2D eigenvalue weighted by Crippen LogP contribution is 2.09. The van der Waals surface area contributed by atoms with Crippen LogP contribution in [0.25, 0.3) is 0 Å². The highest BCUT2D eigenvalue weighted by atomic mass is 35.5. The molecule has 0 N–H and O–H groups in total. The Morgan fingerprint density at radius 1 is 0.789 bits per heavy atom. The molecule has 0 amide bonds. The van der Waals surface area contributed by atoms with Crippen LogP contribution < -0.4 is 0 Å². The van der Waals surface area contributed by atoms with Crippen LogP contribution in [-0.4, -0.2) is 11.4 Å². The molecular weight excluding hydrogens is 254 g/mol. The molecule has 0 unspecified atom stereocenters. The van der Waals surface area contributed by atoms with Crippen LogP contribution in [0.5, 0.6) is 0 Å². The third-order valence-corrected chi connectivity index (χ3v) is 2.89. The number of halogens is 1. The molecule has 2 aromatic carbocycles. The van der Waals surface area contributed by atoms with Crippen molar-refractivity contribution in [1.82, 2.24) is 4.90 Å². The van der Waals surface area contributed by atoms with Gasteiger partial charge in [-0.05, 0) is 11.1 Å². The van der Waals surface area contributed by atoms with Gasteiger partial charge in [0, 0.05) is 19.6 Å². The lowest BCUT2D eigenvalue weighted by Crippen LogP contribution is -2.22. The van der Waals surface area contributed by atoms with Gasteiger partial charge < -0.3 is 0 Å². The van der Waals surface area contributed by atoms with Gasteiger partial charge in [-0.1, -0.05) is 66.7 Å². The predicted octanol–water partition coefficient (Wildman–Crippen LogP) is 4.30. The lowest BCUT2D eigenvalue weighted by atomic mass is 10.1. The molecule has 1 nitrogen and oxygen atoms in total. The number of benzene rings is 2. The molecule has 0 fully saturated rings. The Bertz CT molecular complexity index is 426. The molecule has 0 saturated carbocycles. The van der Waals surface area contributed by atoms with Crippen molar-refractivity contribution in [1.29, 1.82) is 0 Å². The predicted molar refractivity (Wildman–Crippen MR) is 84.4 cm³/mol. The first-order valence-corrected chi connectivity index (χ1v) is 6.29. The highest BCUT2D eigenvalue weighted by molar-refractivity contribution is 5.85. The van der Waals surface area contributed by atoms with Crippen LogP contribution in [0.2, 0.25) is 0 Å². The van der Waals surface area contributed by atoms with E-state index in [2.05, 4.69) is 72.1 Å². The average molecular weight is 274 g/mol. The second kappa shape index (κ2) is 8.52. The lowest BCUT2D eigenvalue weighted by molar-refractivity contribution is 0.286. The number of rotatable bonds is 6. The second-order valence-corrected chi connectivity index (χ2v) is 4.43. The molecule has 100 valence electrons. The summed E-state index contributed by atoms with van der Waals surface area (Å²) in [5.74, 6) is 0. The van der Waals surface area contributed by atoms with E-state index in [4.69, 9.17) is 0 Å². The fourth-order valence-electron chi connectivity index (χ4n) is 2.05. The molecule has 0 atom stereocenters. The fraction of sp³-hybridized carbons (Fsp3) is 0.176. The van der Waals surface area contributed by atoms with Gasteiger partial charge in [0.1, 0.15) is 0 Å². The number of nitrogens with zero attached hydrogens (tertiary/aromatic N) is 1. The number of hydrogen-bond acceptors (Lipinski definition) is 1. The monoisotopic (exact) mass is 273 g/mol. The van der Waals surface area contributed by atoms with Crippen molar-refractivity contribution in [2.24, 2.45) is 0 Å². The van der Waals surface area contributed by atoms with Crippen LogP contribution in [0.4, 0.5) is 0 Å². The van der Waals surface area contributed by atoms with Crippen molar-refractivity contribution in [3.63, 3.8) is 0 Å². The van der Waals surface area contributed by atoms with Gasteiger partial charge in [0.15, 0.2) is 0 Å². The van der Waals surface area contributed by atoms with E-state index in [1.165, 1.54) is 11.1 Å². The Kier molecular flexibility index (Phi) is 6.94. The van der Waals surface area contributed by atoms with E-state index in [1.807, 2.05) is 6.08 Å². The fourth-order valence-corrected chi connectivity index (χ4v) is 2.05. The van der Waals surface area contributed by atoms with E-state index >= 15 is 0 Å². The van der Waals surface area contributed by atoms with Crippen LogP contribution in [0.15, 0.2) is 73.3 Å². The molecule has 0 bridgehead atoms. The standard InChI is InChI=1S/C17H19N.ClH/c1-2-13-18(14-16-9-5-3-6-10-16)15-17-11-7-4-8-12-17;/h2-12H,1,13-15H2;1H. The first kappa shape index (κ1) is 15.5. The van der Waals surface area contributed by atoms with Gasteiger partial charge in [-0.15, -0.1) is 19.0 Å². The molecule has 0 aliphatic carbocycles. The maximum absolute atomic E-state index is 3.84. The Labute approximate surface area is 122 Å². The van der Waals surface area contributed by atoms with Crippen molar-refractivity contribution in [2.45, 2.75) is 13.1 Å². The van der Waals surface area contributed by atoms with E-state index in [9.17, 15) is 0 Å². The van der Waals surface area contributed by atoms with Gasteiger partial charge >= 0.3 is 0 Å². The molecule has 0 aliphatic heterocycles. The topological polar surface area (TPSA) is 3.24 Å². The summed E-state index contributed by atoms with van der Waals surface area (Å²) in [5.41, 5.74) is 2.69. The molecule has 2 rings (SSSR count). The zero-order valence-corrected chi connectivity index (χ0v) is 11.9. The summed E-state index contributed by atoms with van der Waals surface area (Å²) < 4.78 is 0. The summed E-state index contributed by atoms with van der Waals surface area (Å²) in [5, 5.41) is 0. The van der Waals surface area contributed by atoms with Gasteiger partial charge in [0.2, 0.25) is 0 Å². The van der Waals surface area contributed by atoms with Crippen LogP contribution in [0.1, 0.15) is 11.1 Å². The highest BCUT2D eigenvalue weighted by Gasteiger charge is 2.04. The Morgan fingerprint density at radius 2 is 1.21 bits per heavy atom. The molecule has 2 heteroatoms. The van der Waals surface area contributed by atoms with Crippen LogP contribution in [0, 0.1) is 0 Å². The van der Waals surface area contributed by atoms with Crippen molar-refractivity contribution >= 4 is 12.4 Å². The third-order valence-electron chi connectivity index (χ3n) is 2.89. The van der Waals surface area contributed by atoms with Crippen LogP contribution in [0.3, 0.4) is 0 Å². The van der Waals surface area contributed by atoms with E-state index in [0.717, 1.165) is 19.6 Å². The van der Waals surface area contributed by atoms with Crippen LogP contribution in [-0.2, 0) is 13.1 Å². The van der Waals surface area contributed by atoms with Gasteiger partial charge in [-0.25, -0.2) is 0 Å². The van der Waals surface area contributed by atoms with E-state index in [1.54, 1.807) is 0 Å². The quantitative estimate of drug-likeness (QED) is 0.710. The Balaban J connectivity index is 0.00000180. The van der Waals surface area contributed by atoms with Gasteiger partial charge in [0.05, 0.1) is 0 Å². The molecule has 0 spiro atoms. The maximum Gasteiger partial charge on any atom is 0.0240 e. The van der Waals surface area contributed by atoms with Crippen molar-refractivity contribution in [2.75, 3.05) is 6.54 Å². The Hall–Kier alpha value is -1.57. The SMILES string of the molecule is C=CCN(Cc1ccccc1)Cc1ccccc1.Cl. The summed E-state index contributed by atoms with van der Waals surface area (Å²) in [7, 11) is 0. The minimum atomic E-state index is 0. The first-order chi connectivity index (χ1) is 8.88. The summed E-state index contributed by atoms with van der Waals surface area (Å²) >= 11 is 0. The minimum Gasteiger partial charge on any atom is -0.291 e. The largest absolute Gasteiger partial charge is 0.291 e. The first-order valence-electron chi connectivity index (χ1n) is 6.29. The van der Waals surface area contributed by atoms with Gasteiger partial charge in [-0.2, -0.15) is 0 Å². The molecule has 19 heavy (non-hydrogen) atoms. The summed E-state index contributed by atoms with van der Waals surface area (Å²) in [6.07, 6.45) is 1.96. The summed E-state index contributed by atoms with van der Waals surface area (Å²) in [6.45, 7) is 6.67. The molecule has 2 aromatic rings. The van der Waals surface area contributed by atoms with Crippen LogP contribution >= 0.6 is 12.4 Å². The minimum absolute atomic E-state index is 0. The van der Waals surface area contributed by atoms with E-state index in [0.29, 0.717) is 0 Å². The zero-order valence-electron chi connectivity index (χ0n) is 11.0. The van der Waals surface area contributed by atoms with Crippen molar-refractivity contribution in [3.05, 3.63) is 84.4 Å². The average Bonchev–Trinajstić information content (AvgIpc) is 2.41. The molecule has 0 radical (unpaired) electrons. The summed E-state index contributed by atoms with van der Waals surface area (Å²) in [6, 6.07) is 21.1.